The fraction of sp³-hybridized carbons (Fsp3) is 0.556. The summed E-state index contributed by atoms with van der Waals surface area (Å²) in [4.78, 5) is 15.2. The first-order valence-corrected chi connectivity index (χ1v) is 8.94. The van der Waals surface area contributed by atoms with E-state index in [-0.39, 0.29) is 12.5 Å². The number of carbonyl (C=O) groups excluding carboxylic acids is 1. The highest BCUT2D eigenvalue weighted by Crippen LogP contribution is 2.25. The summed E-state index contributed by atoms with van der Waals surface area (Å²) >= 11 is 0. The maximum Gasteiger partial charge on any atom is 0.255 e. The number of pyridine rings is 1. The molecule has 0 atom stereocenters. The van der Waals surface area contributed by atoms with Crippen molar-refractivity contribution in [1.82, 2.24) is 14.9 Å². The summed E-state index contributed by atoms with van der Waals surface area (Å²) in [5, 5.41) is 17.1. The van der Waals surface area contributed by atoms with Gasteiger partial charge in [0.1, 0.15) is 0 Å². The Hall–Kier alpha value is -2.12. The number of aliphatic hydroxyl groups excluding tert-OH is 1. The van der Waals surface area contributed by atoms with Crippen LogP contribution in [0.4, 0.5) is 5.69 Å². The summed E-state index contributed by atoms with van der Waals surface area (Å²) in [6, 6.07) is 4.07. The molecule has 2 aliphatic rings. The largest absolute Gasteiger partial charge is 0.394 e. The molecular weight excluding hydrogens is 320 g/mol. The van der Waals surface area contributed by atoms with Crippen LogP contribution in [0.5, 0.6) is 0 Å². The molecule has 134 valence electrons. The van der Waals surface area contributed by atoms with Crippen molar-refractivity contribution in [3.8, 4) is 0 Å². The summed E-state index contributed by atoms with van der Waals surface area (Å²) < 4.78 is 7.08. The molecule has 0 bridgehead atoms. The lowest BCUT2D eigenvalue weighted by Gasteiger charge is -2.36. The first-order valence-electron chi connectivity index (χ1n) is 8.94. The number of ether oxygens (including phenoxy) is 1. The molecule has 2 aromatic heterocycles. The zero-order valence-electron chi connectivity index (χ0n) is 14.3. The van der Waals surface area contributed by atoms with E-state index < -0.39 is 5.54 Å². The Morgan fingerprint density at radius 3 is 2.80 bits per heavy atom. The lowest BCUT2D eigenvalue weighted by molar-refractivity contribution is 0.0126. The average molecular weight is 344 g/mol. The summed E-state index contributed by atoms with van der Waals surface area (Å²) in [5.74, 6) is -0.190. The van der Waals surface area contributed by atoms with E-state index >= 15 is 0 Å². The van der Waals surface area contributed by atoms with Crippen LogP contribution in [-0.2, 0) is 4.74 Å². The third-order valence-corrected chi connectivity index (χ3v) is 5.35. The highest BCUT2D eigenvalue weighted by molar-refractivity contribution is 6.01. The van der Waals surface area contributed by atoms with Gasteiger partial charge in [-0.2, -0.15) is 5.10 Å². The number of carbonyl (C=O) groups is 1. The molecule has 4 heterocycles. The van der Waals surface area contributed by atoms with E-state index in [1.807, 2.05) is 18.3 Å². The van der Waals surface area contributed by atoms with Crippen molar-refractivity contribution in [2.45, 2.75) is 31.2 Å². The van der Waals surface area contributed by atoms with Gasteiger partial charge in [-0.05, 0) is 37.8 Å². The Bertz CT molecular complexity index is 761. The molecule has 1 amide bonds. The van der Waals surface area contributed by atoms with Gasteiger partial charge in [0.2, 0.25) is 0 Å². The molecule has 2 aliphatic heterocycles. The van der Waals surface area contributed by atoms with Gasteiger partial charge in [-0.15, -0.1) is 0 Å². The Morgan fingerprint density at radius 1 is 1.32 bits per heavy atom. The Labute approximate surface area is 146 Å². The van der Waals surface area contributed by atoms with Crippen LogP contribution >= 0.6 is 0 Å². The lowest BCUT2D eigenvalue weighted by Crippen LogP contribution is -2.54. The minimum Gasteiger partial charge on any atom is -0.394 e. The molecule has 0 unspecified atom stereocenters. The highest BCUT2D eigenvalue weighted by atomic mass is 16.5. The van der Waals surface area contributed by atoms with Crippen LogP contribution in [0.2, 0.25) is 0 Å². The number of aromatic nitrogens is 2. The van der Waals surface area contributed by atoms with Crippen molar-refractivity contribution in [2.75, 3.05) is 37.8 Å². The minimum absolute atomic E-state index is 0.0830. The number of nitrogens with zero attached hydrogens (tertiary/aromatic N) is 3. The second kappa shape index (κ2) is 6.65. The predicted octanol–water partition coefficient (Wildman–Crippen LogP) is 1.21. The zero-order valence-corrected chi connectivity index (χ0v) is 14.3. The number of hydrogen-bond acceptors (Lipinski definition) is 5. The summed E-state index contributed by atoms with van der Waals surface area (Å²) in [6.45, 7) is 3.13. The monoisotopic (exact) mass is 344 g/mol. The van der Waals surface area contributed by atoms with Crippen molar-refractivity contribution in [1.29, 1.82) is 0 Å². The van der Waals surface area contributed by atoms with Gasteiger partial charge in [-0.25, -0.2) is 4.52 Å². The molecule has 25 heavy (non-hydrogen) atoms. The van der Waals surface area contributed by atoms with Gasteiger partial charge < -0.3 is 20.1 Å². The number of rotatable bonds is 4. The number of aliphatic hydroxyl groups is 1. The molecule has 7 heteroatoms. The second-order valence-corrected chi connectivity index (χ2v) is 6.97. The minimum atomic E-state index is -0.601. The van der Waals surface area contributed by atoms with Crippen molar-refractivity contribution in [2.24, 2.45) is 0 Å². The van der Waals surface area contributed by atoms with Crippen LogP contribution in [0.1, 0.15) is 36.0 Å². The molecule has 0 radical (unpaired) electrons. The molecule has 0 saturated carbocycles. The Kier molecular flexibility index (Phi) is 4.35. The number of anilines is 1. The molecule has 2 aromatic rings. The second-order valence-electron chi connectivity index (χ2n) is 6.97. The Balaban J connectivity index is 1.61. The van der Waals surface area contributed by atoms with E-state index in [1.165, 1.54) is 12.8 Å². The van der Waals surface area contributed by atoms with Crippen molar-refractivity contribution >= 4 is 17.1 Å². The number of nitrogens with one attached hydrogen (secondary N) is 1. The van der Waals surface area contributed by atoms with Crippen LogP contribution in [-0.4, -0.2) is 59.1 Å². The molecule has 2 fully saturated rings. The van der Waals surface area contributed by atoms with E-state index in [0.717, 1.165) is 24.3 Å². The molecule has 0 spiro atoms. The maximum atomic E-state index is 12.9. The van der Waals surface area contributed by atoms with Crippen LogP contribution < -0.4 is 10.2 Å². The van der Waals surface area contributed by atoms with Crippen LogP contribution in [0, 0.1) is 0 Å². The van der Waals surface area contributed by atoms with E-state index in [2.05, 4.69) is 15.3 Å². The molecule has 4 rings (SSSR count). The van der Waals surface area contributed by atoms with E-state index in [0.29, 0.717) is 31.6 Å². The van der Waals surface area contributed by atoms with Gasteiger partial charge in [-0.3, -0.25) is 4.79 Å². The fourth-order valence-corrected chi connectivity index (χ4v) is 3.71. The maximum absolute atomic E-state index is 12.9. The normalized spacial score (nSPS) is 20.1. The smallest absolute Gasteiger partial charge is 0.255 e. The molecule has 7 nitrogen and oxygen atoms in total. The van der Waals surface area contributed by atoms with Gasteiger partial charge in [0, 0.05) is 38.2 Å². The number of fused-ring (bicyclic) bond motifs is 1. The predicted molar refractivity (Wildman–Crippen MR) is 94.0 cm³/mol. The lowest BCUT2D eigenvalue weighted by atomic mass is 9.90. The van der Waals surface area contributed by atoms with E-state index in [1.54, 1.807) is 10.7 Å². The molecular formula is C18H24N4O3. The molecule has 0 aliphatic carbocycles. The first-order chi connectivity index (χ1) is 12.2. The topological polar surface area (TPSA) is 79.1 Å². The number of amides is 1. The molecule has 2 N–H and O–H groups in total. The van der Waals surface area contributed by atoms with Crippen LogP contribution in [0.25, 0.3) is 5.52 Å². The van der Waals surface area contributed by atoms with Crippen molar-refractivity contribution < 1.29 is 14.6 Å². The molecule has 2 saturated heterocycles. The zero-order chi connectivity index (χ0) is 17.3. The van der Waals surface area contributed by atoms with Crippen LogP contribution in [0.15, 0.2) is 24.5 Å². The van der Waals surface area contributed by atoms with Gasteiger partial charge in [0.15, 0.2) is 0 Å². The Morgan fingerprint density at radius 2 is 2.08 bits per heavy atom. The van der Waals surface area contributed by atoms with Crippen molar-refractivity contribution in [3.05, 3.63) is 30.1 Å². The summed E-state index contributed by atoms with van der Waals surface area (Å²) in [6.07, 6.45) is 7.15. The average Bonchev–Trinajstić information content (AvgIpc) is 3.31. The SMILES string of the molecule is O=C(NC1(CO)CCOCC1)c1cnn2ccc(N3CCCC3)cc12. The summed E-state index contributed by atoms with van der Waals surface area (Å²) in [5.41, 5.74) is 1.86. The molecule has 0 aromatic carbocycles. The van der Waals surface area contributed by atoms with Crippen molar-refractivity contribution in [3.63, 3.8) is 0 Å². The van der Waals surface area contributed by atoms with E-state index in [9.17, 15) is 9.90 Å². The number of hydrogen-bond donors (Lipinski definition) is 2. The third kappa shape index (κ3) is 3.09. The van der Waals surface area contributed by atoms with Gasteiger partial charge in [0.05, 0.1) is 29.4 Å². The van der Waals surface area contributed by atoms with Crippen LogP contribution in [0.3, 0.4) is 0 Å². The third-order valence-electron chi connectivity index (χ3n) is 5.35. The quantitative estimate of drug-likeness (QED) is 0.871. The fourth-order valence-electron chi connectivity index (χ4n) is 3.71. The highest BCUT2D eigenvalue weighted by Gasteiger charge is 2.34. The standard InChI is InChI=1S/C18H24N4O3/c23-13-18(4-9-25-10-5-18)20-17(24)15-12-19-22-8-3-14(11-16(15)22)21-6-1-2-7-21/h3,8,11-12,23H,1-2,4-7,9-10,13H2,(H,20,24). The van der Waals surface area contributed by atoms with E-state index in [4.69, 9.17) is 4.74 Å². The first kappa shape index (κ1) is 16.4. The van der Waals surface area contributed by atoms with Gasteiger partial charge in [-0.1, -0.05) is 0 Å². The van der Waals surface area contributed by atoms with Gasteiger partial charge in [0.25, 0.3) is 5.91 Å². The summed E-state index contributed by atoms with van der Waals surface area (Å²) in [7, 11) is 0. The van der Waals surface area contributed by atoms with Gasteiger partial charge >= 0.3 is 0 Å².